The van der Waals surface area contributed by atoms with Gasteiger partial charge < -0.3 is 44.6 Å². The lowest BCUT2D eigenvalue weighted by atomic mass is 10.1. The molecular weight excluding hydrogens is 716 g/mol. The third-order valence-electron chi connectivity index (χ3n) is 8.10. The summed E-state index contributed by atoms with van der Waals surface area (Å²) in [5, 5.41) is 12.4. The summed E-state index contributed by atoms with van der Waals surface area (Å²) in [6.45, 7) is 17.9. The number of nitrogen functional groups attached to an aromatic ring is 1. The van der Waals surface area contributed by atoms with Crippen LogP contribution in [0.25, 0.3) is 17.2 Å². The molecule has 0 aliphatic heterocycles. The lowest BCUT2D eigenvalue weighted by molar-refractivity contribution is -0.149. The van der Waals surface area contributed by atoms with E-state index >= 15 is 0 Å². The molecule has 0 aliphatic rings. The Morgan fingerprint density at radius 2 is 1.57 bits per heavy atom. The molecule has 1 amide bonds. The number of nitriles is 1. The molecule has 4 N–H and O–H groups in total. The summed E-state index contributed by atoms with van der Waals surface area (Å²) in [7, 11) is 0. The zero-order chi connectivity index (χ0) is 40.9. The fraction of sp³-hybridized carbons (Fsp3) is 0.463. The molecule has 4 rings (SSSR count). The van der Waals surface area contributed by atoms with Crippen molar-refractivity contribution in [2.24, 2.45) is 0 Å². The maximum Gasteiger partial charge on any atom is 0.407 e. The van der Waals surface area contributed by atoms with Crippen molar-refractivity contribution in [2.75, 3.05) is 43.5 Å². The molecule has 2 aromatic heterocycles. The van der Waals surface area contributed by atoms with Gasteiger partial charge in [-0.3, -0.25) is 0 Å². The van der Waals surface area contributed by atoms with Crippen molar-refractivity contribution < 1.29 is 33.3 Å². The van der Waals surface area contributed by atoms with E-state index in [-0.39, 0.29) is 36.9 Å². The molecular formula is C41H54N8O7. The number of nitrogens with zero attached hydrogens (tertiary/aromatic N) is 5. The van der Waals surface area contributed by atoms with Gasteiger partial charge in [0, 0.05) is 25.4 Å². The van der Waals surface area contributed by atoms with E-state index in [0.717, 1.165) is 23.2 Å². The van der Waals surface area contributed by atoms with Gasteiger partial charge in [0.1, 0.15) is 36.0 Å². The van der Waals surface area contributed by atoms with E-state index in [2.05, 4.69) is 30.2 Å². The number of fused-ring (bicyclic) bond motifs is 1. The highest BCUT2D eigenvalue weighted by Gasteiger charge is 2.22. The third-order valence-corrected chi connectivity index (χ3v) is 8.10. The van der Waals surface area contributed by atoms with Crippen molar-refractivity contribution in [1.82, 2.24) is 25.3 Å². The second-order valence-corrected chi connectivity index (χ2v) is 15.7. The van der Waals surface area contributed by atoms with Crippen LogP contribution in [0.15, 0.2) is 60.4 Å². The molecule has 15 heteroatoms. The molecule has 0 saturated heterocycles. The van der Waals surface area contributed by atoms with E-state index in [1.165, 1.54) is 12.4 Å². The van der Waals surface area contributed by atoms with Gasteiger partial charge in [-0.1, -0.05) is 36.4 Å². The monoisotopic (exact) mass is 770 g/mol. The van der Waals surface area contributed by atoms with Crippen molar-refractivity contribution in [3.8, 4) is 11.9 Å². The number of hydrogen-bond acceptors (Lipinski definition) is 13. The zero-order valence-corrected chi connectivity index (χ0v) is 33.6. The van der Waals surface area contributed by atoms with Crippen molar-refractivity contribution in [3.05, 3.63) is 77.1 Å². The van der Waals surface area contributed by atoms with E-state index in [0.29, 0.717) is 48.9 Å². The standard InChI is InChI=1S/C41H54N8O7/c1-39(2,3)54-20-17-41(7,8)55-22-19-49(32-15-13-28(14-16-32)23-31(24-42)36(50)56-40(4,5)6)18-21-52-38(51)44-25-29-9-11-30(12-10-29)26-53-35-33-34(46-27-45-33)47-37(43)48-35/h9-16,23,27H,17-22,25-26H2,1-8H3,(H,44,51)(H3,43,45,46,47,48)/b31-23+. The van der Waals surface area contributed by atoms with Crippen LogP contribution in [0.5, 0.6) is 5.88 Å². The number of amides is 1. The number of carbonyl (C=O) groups is 2. The first kappa shape index (κ1) is 43.0. The molecule has 0 saturated carbocycles. The molecule has 2 aromatic carbocycles. The summed E-state index contributed by atoms with van der Waals surface area (Å²) < 4.78 is 28.9. The summed E-state index contributed by atoms with van der Waals surface area (Å²) in [5.41, 5.74) is 8.57. The van der Waals surface area contributed by atoms with Gasteiger partial charge in [0.05, 0.1) is 30.7 Å². The number of nitrogens with two attached hydrogens (primary N) is 1. The molecule has 0 atom stereocenters. The minimum atomic E-state index is -0.723. The van der Waals surface area contributed by atoms with E-state index in [1.54, 1.807) is 20.8 Å². The topological polar surface area (TPSA) is 200 Å². The van der Waals surface area contributed by atoms with Crippen LogP contribution in [-0.2, 0) is 36.9 Å². The smallest absolute Gasteiger partial charge is 0.407 e. The number of hydrogen-bond donors (Lipinski definition) is 3. The van der Waals surface area contributed by atoms with Gasteiger partial charge in [0.25, 0.3) is 0 Å². The molecule has 0 unspecified atom stereocenters. The molecule has 0 radical (unpaired) electrons. The van der Waals surface area contributed by atoms with Crippen LogP contribution in [0.3, 0.4) is 0 Å². The Morgan fingerprint density at radius 1 is 0.893 bits per heavy atom. The van der Waals surface area contributed by atoms with Crippen LogP contribution in [-0.4, -0.2) is 81.7 Å². The molecule has 2 heterocycles. The van der Waals surface area contributed by atoms with E-state index < -0.39 is 23.3 Å². The second-order valence-electron chi connectivity index (χ2n) is 15.7. The minimum absolute atomic E-state index is 0.0723. The third kappa shape index (κ3) is 14.5. The lowest BCUT2D eigenvalue weighted by Crippen LogP contribution is -2.36. The summed E-state index contributed by atoms with van der Waals surface area (Å²) in [5.74, 6) is -0.296. The van der Waals surface area contributed by atoms with Crippen LogP contribution >= 0.6 is 0 Å². The maximum atomic E-state index is 12.7. The van der Waals surface area contributed by atoms with Gasteiger partial charge >= 0.3 is 12.1 Å². The number of ether oxygens (including phenoxy) is 5. The fourth-order valence-corrected chi connectivity index (χ4v) is 5.20. The molecule has 0 bridgehead atoms. The van der Waals surface area contributed by atoms with Gasteiger partial charge in [-0.25, -0.2) is 14.6 Å². The number of esters is 1. The highest BCUT2D eigenvalue weighted by atomic mass is 16.6. The largest absolute Gasteiger partial charge is 0.471 e. The average Bonchev–Trinajstić information content (AvgIpc) is 3.59. The van der Waals surface area contributed by atoms with Gasteiger partial charge in [0.2, 0.25) is 11.8 Å². The summed E-state index contributed by atoms with van der Waals surface area (Å²) in [6.07, 6.45) is 3.17. The number of rotatable bonds is 18. The number of anilines is 2. The number of imidazole rings is 1. The van der Waals surface area contributed by atoms with Gasteiger partial charge in [-0.2, -0.15) is 15.2 Å². The number of nitrogens with one attached hydrogen (secondary N) is 2. The number of carbonyl (C=O) groups excluding carboxylic acids is 2. The second kappa shape index (κ2) is 19.2. The van der Waals surface area contributed by atoms with E-state index in [1.807, 2.05) is 89.2 Å². The van der Waals surface area contributed by atoms with Crippen molar-refractivity contribution in [3.63, 3.8) is 0 Å². The maximum absolute atomic E-state index is 12.7. The number of H-pyrrole nitrogens is 1. The molecule has 15 nitrogen and oxygen atoms in total. The Balaban J connectivity index is 1.31. The van der Waals surface area contributed by atoms with Crippen LogP contribution in [0.1, 0.15) is 78.5 Å². The molecule has 4 aromatic rings. The molecule has 300 valence electrons. The number of aromatic nitrogens is 4. The average molecular weight is 771 g/mol. The fourth-order valence-electron chi connectivity index (χ4n) is 5.20. The molecule has 0 spiro atoms. The Labute approximate surface area is 328 Å². The number of aromatic amines is 1. The summed E-state index contributed by atoms with van der Waals surface area (Å²) >= 11 is 0. The highest BCUT2D eigenvalue weighted by molar-refractivity contribution is 5.98. The summed E-state index contributed by atoms with van der Waals surface area (Å²) in [6, 6.07) is 16.9. The van der Waals surface area contributed by atoms with Gasteiger partial charge in [-0.05, 0) is 96.7 Å². The van der Waals surface area contributed by atoms with Gasteiger partial charge in [0.15, 0.2) is 5.65 Å². The molecule has 56 heavy (non-hydrogen) atoms. The lowest BCUT2D eigenvalue weighted by Gasteiger charge is -2.30. The summed E-state index contributed by atoms with van der Waals surface area (Å²) in [4.78, 5) is 42.5. The van der Waals surface area contributed by atoms with E-state index in [9.17, 15) is 14.9 Å². The van der Waals surface area contributed by atoms with Crippen LogP contribution < -0.4 is 20.7 Å². The number of alkyl carbamates (subject to hydrolysis) is 1. The van der Waals surface area contributed by atoms with E-state index in [4.69, 9.17) is 29.4 Å². The first-order valence-electron chi connectivity index (χ1n) is 18.5. The first-order valence-corrected chi connectivity index (χ1v) is 18.5. The van der Waals surface area contributed by atoms with Crippen LogP contribution in [0.2, 0.25) is 0 Å². The predicted octanol–water partition coefficient (Wildman–Crippen LogP) is 6.50. The van der Waals surface area contributed by atoms with Crippen LogP contribution in [0, 0.1) is 11.3 Å². The zero-order valence-electron chi connectivity index (χ0n) is 33.6. The first-order chi connectivity index (χ1) is 26.4. The quantitative estimate of drug-likeness (QED) is 0.0564. The SMILES string of the molecule is CC(C)(C)OCCC(C)(C)OCCN(CCOC(=O)NCc1ccc(COc2nc(N)nc3nc[nH]c23)cc1)c1ccc(/C=C(\C#N)C(=O)OC(C)(C)C)cc1. The Morgan fingerprint density at radius 3 is 2.23 bits per heavy atom. The molecule has 0 aliphatic carbocycles. The van der Waals surface area contributed by atoms with Crippen molar-refractivity contribution in [2.45, 2.75) is 91.8 Å². The normalized spacial score (nSPS) is 12.2. The molecule has 0 fully saturated rings. The Hall–Kier alpha value is -5.72. The van der Waals surface area contributed by atoms with Gasteiger partial charge in [-0.15, -0.1) is 0 Å². The Bertz CT molecular complexity index is 1970. The van der Waals surface area contributed by atoms with Crippen molar-refractivity contribution >= 4 is 40.9 Å². The number of benzene rings is 2. The highest BCUT2D eigenvalue weighted by Crippen LogP contribution is 2.22. The Kier molecular flexibility index (Phi) is 14.8. The van der Waals surface area contributed by atoms with Crippen LogP contribution in [0.4, 0.5) is 16.4 Å². The van der Waals surface area contributed by atoms with Crippen molar-refractivity contribution in [1.29, 1.82) is 5.26 Å². The predicted molar refractivity (Wildman–Crippen MR) is 214 cm³/mol. The minimum Gasteiger partial charge on any atom is -0.471 e.